The third-order valence-corrected chi connectivity index (χ3v) is 4.10. The van der Waals surface area contributed by atoms with Gasteiger partial charge in [0.05, 0.1) is 0 Å². The predicted octanol–water partition coefficient (Wildman–Crippen LogP) is 2.63. The van der Waals surface area contributed by atoms with Gasteiger partial charge in [0.15, 0.2) is 0 Å². The maximum Gasteiger partial charge on any atom is 0.321 e. The summed E-state index contributed by atoms with van der Waals surface area (Å²) in [5, 5.41) is 3.89. The van der Waals surface area contributed by atoms with E-state index in [2.05, 4.69) is 19.2 Å². The van der Waals surface area contributed by atoms with Gasteiger partial charge in [-0.1, -0.05) is 13.8 Å². The van der Waals surface area contributed by atoms with Crippen molar-refractivity contribution in [2.75, 3.05) is 24.1 Å². The number of thioether (sulfide) groups is 1. The molecule has 2 rings (SSSR count). The van der Waals surface area contributed by atoms with Gasteiger partial charge in [-0.25, -0.2) is 4.79 Å². The molecule has 1 aromatic rings. The third-order valence-electron chi connectivity index (χ3n) is 2.87. The first kappa shape index (κ1) is 13.1. The lowest BCUT2D eigenvalue weighted by Crippen LogP contribution is -2.45. The number of anilines is 2. The van der Waals surface area contributed by atoms with Crippen LogP contribution in [0.25, 0.3) is 0 Å². The van der Waals surface area contributed by atoms with Crippen molar-refractivity contribution in [1.29, 1.82) is 0 Å². The zero-order valence-electron chi connectivity index (χ0n) is 10.7. The van der Waals surface area contributed by atoms with E-state index < -0.39 is 0 Å². The molecule has 2 unspecified atom stereocenters. The maximum absolute atomic E-state index is 12.1. The van der Waals surface area contributed by atoms with E-state index in [9.17, 15) is 4.79 Å². The molecule has 1 aromatic carbocycles. The van der Waals surface area contributed by atoms with Gasteiger partial charge in [-0.3, -0.25) is 0 Å². The molecule has 1 aliphatic rings. The van der Waals surface area contributed by atoms with Crippen LogP contribution in [-0.4, -0.2) is 34.5 Å². The van der Waals surface area contributed by atoms with Crippen molar-refractivity contribution in [1.82, 2.24) is 4.90 Å². The Kier molecular flexibility index (Phi) is 4.01. The molecule has 1 heterocycles. The van der Waals surface area contributed by atoms with E-state index in [0.29, 0.717) is 16.2 Å². The molecule has 0 bridgehead atoms. The molecule has 0 aliphatic carbocycles. The summed E-state index contributed by atoms with van der Waals surface area (Å²) in [5.74, 6) is 0. The number of hydrogen-bond acceptors (Lipinski definition) is 3. The summed E-state index contributed by atoms with van der Waals surface area (Å²) < 4.78 is 0. The van der Waals surface area contributed by atoms with Crippen LogP contribution < -0.4 is 11.1 Å². The van der Waals surface area contributed by atoms with Crippen LogP contribution in [0.5, 0.6) is 0 Å². The summed E-state index contributed by atoms with van der Waals surface area (Å²) in [6.07, 6.45) is 0. The molecular weight excluding hydrogens is 246 g/mol. The van der Waals surface area contributed by atoms with Crippen molar-refractivity contribution < 1.29 is 4.79 Å². The normalized spacial score (nSPS) is 23.8. The van der Waals surface area contributed by atoms with E-state index in [1.165, 1.54) is 0 Å². The Morgan fingerprint density at radius 1 is 1.28 bits per heavy atom. The van der Waals surface area contributed by atoms with Gasteiger partial charge < -0.3 is 16.0 Å². The van der Waals surface area contributed by atoms with E-state index in [-0.39, 0.29) is 6.03 Å². The van der Waals surface area contributed by atoms with Crippen molar-refractivity contribution in [3.8, 4) is 0 Å². The first-order chi connectivity index (χ1) is 8.54. The number of urea groups is 1. The minimum atomic E-state index is -0.0289. The molecule has 0 spiro atoms. The zero-order valence-corrected chi connectivity index (χ0v) is 11.5. The molecule has 0 saturated carbocycles. The average Bonchev–Trinajstić information content (AvgIpc) is 2.31. The van der Waals surface area contributed by atoms with Crippen LogP contribution in [0.2, 0.25) is 0 Å². The van der Waals surface area contributed by atoms with Crippen LogP contribution in [0.4, 0.5) is 16.2 Å². The number of nitrogens with two attached hydrogens (primary N) is 1. The molecule has 5 heteroatoms. The Bertz CT molecular complexity index is 411. The fraction of sp³-hybridized carbons (Fsp3) is 0.462. The highest BCUT2D eigenvalue weighted by molar-refractivity contribution is 8.00. The van der Waals surface area contributed by atoms with Crippen molar-refractivity contribution in [3.05, 3.63) is 24.3 Å². The Labute approximate surface area is 112 Å². The second-order valence-corrected chi connectivity index (χ2v) is 6.60. The number of carbonyl (C=O) groups is 1. The summed E-state index contributed by atoms with van der Waals surface area (Å²) in [6.45, 7) is 5.92. The minimum Gasteiger partial charge on any atom is -0.399 e. The highest BCUT2D eigenvalue weighted by Gasteiger charge is 2.25. The number of nitrogen functional groups attached to an aromatic ring is 1. The lowest BCUT2D eigenvalue weighted by Gasteiger charge is -2.34. The van der Waals surface area contributed by atoms with Crippen molar-refractivity contribution >= 4 is 29.2 Å². The largest absolute Gasteiger partial charge is 0.399 e. The van der Waals surface area contributed by atoms with Crippen LogP contribution in [-0.2, 0) is 0 Å². The van der Waals surface area contributed by atoms with Gasteiger partial charge in [0.2, 0.25) is 0 Å². The number of hydrogen-bond donors (Lipinski definition) is 2. The van der Waals surface area contributed by atoms with Gasteiger partial charge >= 0.3 is 6.03 Å². The molecule has 0 aromatic heterocycles. The fourth-order valence-electron chi connectivity index (χ4n) is 2.11. The van der Waals surface area contributed by atoms with Gasteiger partial charge in [0, 0.05) is 35.0 Å². The van der Waals surface area contributed by atoms with Gasteiger partial charge in [0.25, 0.3) is 0 Å². The smallest absolute Gasteiger partial charge is 0.321 e. The van der Waals surface area contributed by atoms with Crippen LogP contribution >= 0.6 is 11.8 Å². The summed E-state index contributed by atoms with van der Waals surface area (Å²) in [6, 6.07) is 7.18. The molecule has 0 radical (unpaired) electrons. The number of carbonyl (C=O) groups excluding carboxylic acids is 1. The van der Waals surface area contributed by atoms with Crippen molar-refractivity contribution in [3.63, 3.8) is 0 Å². The van der Waals surface area contributed by atoms with E-state index >= 15 is 0 Å². The van der Waals surface area contributed by atoms with Gasteiger partial charge in [0.1, 0.15) is 0 Å². The SMILES string of the molecule is CC1CN(C(=O)Nc2ccc(N)cc2)CC(C)S1. The lowest BCUT2D eigenvalue weighted by atomic mass is 10.3. The van der Waals surface area contributed by atoms with E-state index in [4.69, 9.17) is 5.73 Å². The van der Waals surface area contributed by atoms with E-state index in [1.807, 2.05) is 28.8 Å². The number of rotatable bonds is 1. The second-order valence-electron chi connectivity index (χ2n) is 4.71. The zero-order chi connectivity index (χ0) is 13.1. The number of benzene rings is 1. The van der Waals surface area contributed by atoms with Gasteiger partial charge in [-0.15, -0.1) is 0 Å². The molecule has 2 atom stereocenters. The topological polar surface area (TPSA) is 58.4 Å². The monoisotopic (exact) mass is 265 g/mol. The molecule has 1 aliphatic heterocycles. The summed E-state index contributed by atoms with van der Waals surface area (Å²) in [4.78, 5) is 14.0. The van der Waals surface area contributed by atoms with Crippen molar-refractivity contribution in [2.45, 2.75) is 24.3 Å². The number of nitrogens with one attached hydrogen (secondary N) is 1. The van der Waals surface area contributed by atoms with Crippen molar-refractivity contribution in [2.24, 2.45) is 0 Å². The molecule has 1 fully saturated rings. The Hall–Kier alpha value is -1.36. The van der Waals surface area contributed by atoms with Gasteiger partial charge in [-0.05, 0) is 24.3 Å². The van der Waals surface area contributed by atoms with Crippen LogP contribution in [0, 0.1) is 0 Å². The van der Waals surface area contributed by atoms with Crippen LogP contribution in [0.3, 0.4) is 0 Å². The summed E-state index contributed by atoms with van der Waals surface area (Å²) in [7, 11) is 0. The molecule has 18 heavy (non-hydrogen) atoms. The Morgan fingerprint density at radius 3 is 2.39 bits per heavy atom. The number of amides is 2. The Morgan fingerprint density at radius 2 is 1.83 bits per heavy atom. The molecule has 98 valence electrons. The summed E-state index contributed by atoms with van der Waals surface area (Å²) >= 11 is 1.93. The second kappa shape index (κ2) is 5.52. The standard InChI is InChI=1S/C13H19N3OS/c1-9-7-16(8-10(2)18-9)13(17)15-12-5-3-11(14)4-6-12/h3-6,9-10H,7-8,14H2,1-2H3,(H,15,17). The summed E-state index contributed by atoms with van der Waals surface area (Å²) in [5.41, 5.74) is 7.09. The van der Waals surface area contributed by atoms with Gasteiger partial charge in [-0.2, -0.15) is 11.8 Å². The molecule has 1 saturated heterocycles. The van der Waals surface area contributed by atoms with E-state index in [0.717, 1.165) is 18.8 Å². The van der Waals surface area contributed by atoms with Crippen LogP contribution in [0.15, 0.2) is 24.3 Å². The first-order valence-corrected chi connectivity index (χ1v) is 7.06. The molecule has 4 nitrogen and oxygen atoms in total. The first-order valence-electron chi connectivity index (χ1n) is 6.11. The molecular formula is C13H19N3OS. The number of nitrogens with zero attached hydrogens (tertiary/aromatic N) is 1. The quantitative estimate of drug-likeness (QED) is 0.767. The maximum atomic E-state index is 12.1. The average molecular weight is 265 g/mol. The highest BCUT2D eigenvalue weighted by Crippen LogP contribution is 2.25. The predicted molar refractivity (Wildman–Crippen MR) is 78.0 cm³/mol. The van der Waals surface area contributed by atoms with Crippen LogP contribution in [0.1, 0.15) is 13.8 Å². The lowest BCUT2D eigenvalue weighted by molar-refractivity contribution is 0.211. The van der Waals surface area contributed by atoms with E-state index in [1.54, 1.807) is 12.1 Å². The highest BCUT2D eigenvalue weighted by atomic mass is 32.2. The molecule has 2 amide bonds. The molecule has 3 N–H and O–H groups in total. The third kappa shape index (κ3) is 3.32. The minimum absolute atomic E-state index is 0.0289. The Balaban J connectivity index is 1.97. The fourth-order valence-corrected chi connectivity index (χ4v) is 3.44.